The van der Waals surface area contributed by atoms with E-state index in [1.54, 1.807) is 12.3 Å². The molecule has 2 rings (SSSR count). The summed E-state index contributed by atoms with van der Waals surface area (Å²) < 4.78 is 0. The number of amides is 2. The van der Waals surface area contributed by atoms with Crippen molar-refractivity contribution in [1.29, 1.82) is 0 Å². The first kappa shape index (κ1) is 16.2. The number of hydrogen-bond acceptors (Lipinski definition) is 3. The second-order valence-corrected chi connectivity index (χ2v) is 5.82. The average molecular weight is 301 g/mol. The Labute approximate surface area is 131 Å². The highest BCUT2D eigenvalue weighted by atomic mass is 16.2. The first-order valence-corrected chi connectivity index (χ1v) is 7.78. The Morgan fingerprint density at radius 1 is 1.14 bits per heavy atom. The van der Waals surface area contributed by atoms with E-state index in [1.165, 1.54) is 19.3 Å². The van der Waals surface area contributed by atoms with Crippen LogP contribution in [0.1, 0.15) is 43.2 Å². The van der Waals surface area contributed by atoms with E-state index in [1.807, 2.05) is 26.0 Å². The van der Waals surface area contributed by atoms with E-state index in [2.05, 4.69) is 15.8 Å². The summed E-state index contributed by atoms with van der Waals surface area (Å²) in [6, 6.07) is 5.58. The van der Waals surface area contributed by atoms with Gasteiger partial charge < -0.3 is 5.32 Å². The molecule has 5 nitrogen and oxygen atoms in total. The molecule has 5 heteroatoms. The molecule has 0 unspecified atom stereocenters. The van der Waals surface area contributed by atoms with Crippen molar-refractivity contribution < 1.29 is 9.59 Å². The monoisotopic (exact) mass is 301 g/mol. The molecular formula is C17H23N3O2. The van der Waals surface area contributed by atoms with Crippen molar-refractivity contribution in [3.8, 4) is 0 Å². The molecule has 2 N–H and O–H groups in total. The van der Waals surface area contributed by atoms with Crippen molar-refractivity contribution >= 4 is 23.7 Å². The fourth-order valence-electron chi connectivity index (χ4n) is 2.60. The largest absolute Gasteiger partial charge is 0.329 e. The summed E-state index contributed by atoms with van der Waals surface area (Å²) in [5.74, 6) is -1.03. The zero-order valence-corrected chi connectivity index (χ0v) is 13.2. The molecule has 0 bridgehead atoms. The zero-order valence-electron chi connectivity index (χ0n) is 13.2. The smallest absolute Gasteiger partial charge is 0.317 e. The number of rotatable bonds is 3. The number of benzene rings is 1. The highest BCUT2D eigenvalue weighted by Gasteiger charge is 2.15. The molecule has 0 spiro atoms. The molecular weight excluding hydrogens is 278 g/mol. The lowest BCUT2D eigenvalue weighted by Crippen LogP contribution is -2.32. The molecule has 22 heavy (non-hydrogen) atoms. The Morgan fingerprint density at radius 2 is 1.86 bits per heavy atom. The van der Waals surface area contributed by atoms with Crippen LogP contribution in [-0.2, 0) is 9.59 Å². The highest BCUT2D eigenvalue weighted by Crippen LogP contribution is 2.21. The predicted octanol–water partition coefficient (Wildman–Crippen LogP) is 2.92. The van der Waals surface area contributed by atoms with Crippen LogP contribution < -0.4 is 10.7 Å². The van der Waals surface area contributed by atoms with Crippen molar-refractivity contribution in [2.45, 2.75) is 46.0 Å². The molecule has 118 valence electrons. The molecule has 0 radical (unpaired) electrons. The number of carbonyl (C=O) groups excluding carboxylic acids is 2. The Hall–Kier alpha value is -2.17. The lowest BCUT2D eigenvalue weighted by Gasteiger charge is -2.16. The van der Waals surface area contributed by atoms with Gasteiger partial charge in [0.05, 0.1) is 0 Å². The van der Waals surface area contributed by atoms with Crippen LogP contribution in [0.15, 0.2) is 23.3 Å². The summed E-state index contributed by atoms with van der Waals surface area (Å²) in [4.78, 5) is 23.6. The van der Waals surface area contributed by atoms with Gasteiger partial charge in [0, 0.05) is 11.9 Å². The normalized spacial score (nSPS) is 15.7. The molecule has 1 aromatic rings. The van der Waals surface area contributed by atoms with Crippen molar-refractivity contribution in [2.75, 3.05) is 5.32 Å². The van der Waals surface area contributed by atoms with Crippen molar-refractivity contribution in [1.82, 2.24) is 5.43 Å². The van der Waals surface area contributed by atoms with Crippen LogP contribution in [0.4, 0.5) is 5.69 Å². The number of hydrogen-bond donors (Lipinski definition) is 2. The van der Waals surface area contributed by atoms with Gasteiger partial charge in [-0.2, -0.15) is 5.10 Å². The summed E-state index contributed by atoms with van der Waals surface area (Å²) in [7, 11) is 0. The molecule has 1 saturated carbocycles. The van der Waals surface area contributed by atoms with Crippen LogP contribution in [0.2, 0.25) is 0 Å². The molecule has 0 aromatic heterocycles. The number of nitrogens with one attached hydrogen (secondary N) is 2. The molecule has 2 amide bonds. The number of aryl methyl sites for hydroxylation is 1. The zero-order chi connectivity index (χ0) is 15.9. The lowest BCUT2D eigenvalue weighted by molar-refractivity contribution is -0.136. The van der Waals surface area contributed by atoms with Gasteiger partial charge in [-0.15, -0.1) is 0 Å². The number of nitrogens with zero attached hydrogens (tertiary/aromatic N) is 1. The minimum absolute atomic E-state index is 0.413. The highest BCUT2D eigenvalue weighted by molar-refractivity contribution is 6.39. The van der Waals surface area contributed by atoms with Crippen molar-refractivity contribution in [3.05, 3.63) is 29.3 Å². The SMILES string of the molecule is Cc1cccc(NC(=O)C(=O)N/N=C/C2CCCCC2)c1C. The molecule has 1 aromatic carbocycles. The van der Waals surface area contributed by atoms with Gasteiger partial charge in [-0.25, -0.2) is 5.43 Å². The number of hydrazone groups is 1. The lowest BCUT2D eigenvalue weighted by atomic mass is 9.90. The first-order chi connectivity index (χ1) is 10.6. The molecule has 1 fully saturated rings. The van der Waals surface area contributed by atoms with Crippen molar-refractivity contribution in [3.63, 3.8) is 0 Å². The third kappa shape index (κ3) is 4.41. The molecule has 0 aliphatic heterocycles. The van der Waals surface area contributed by atoms with Gasteiger partial charge in [0.1, 0.15) is 0 Å². The second-order valence-electron chi connectivity index (χ2n) is 5.82. The standard InChI is InChI=1S/C17H23N3O2/c1-12-7-6-10-15(13(12)2)19-16(21)17(22)20-18-11-14-8-4-3-5-9-14/h6-7,10-11,14H,3-5,8-9H2,1-2H3,(H,19,21)(H,20,22)/b18-11+. The Morgan fingerprint density at radius 3 is 2.59 bits per heavy atom. The third-order valence-electron chi connectivity index (χ3n) is 4.16. The fraction of sp³-hybridized carbons (Fsp3) is 0.471. The summed E-state index contributed by atoms with van der Waals surface area (Å²) in [6.45, 7) is 3.86. The maximum Gasteiger partial charge on any atom is 0.329 e. The Kier molecular flexibility index (Phi) is 5.69. The molecule has 0 heterocycles. The van der Waals surface area contributed by atoms with E-state index < -0.39 is 11.8 Å². The van der Waals surface area contributed by atoms with E-state index in [0.717, 1.165) is 24.0 Å². The Bertz CT molecular complexity index is 575. The van der Waals surface area contributed by atoms with Gasteiger partial charge in [0.25, 0.3) is 0 Å². The van der Waals surface area contributed by atoms with E-state index in [-0.39, 0.29) is 0 Å². The fourth-order valence-corrected chi connectivity index (χ4v) is 2.60. The van der Waals surface area contributed by atoms with Crippen LogP contribution in [0.5, 0.6) is 0 Å². The topological polar surface area (TPSA) is 70.6 Å². The van der Waals surface area contributed by atoms with Crippen LogP contribution in [-0.4, -0.2) is 18.0 Å². The van der Waals surface area contributed by atoms with E-state index in [9.17, 15) is 9.59 Å². The van der Waals surface area contributed by atoms with Gasteiger partial charge in [0.2, 0.25) is 0 Å². The predicted molar refractivity (Wildman–Crippen MR) is 87.8 cm³/mol. The van der Waals surface area contributed by atoms with E-state index in [4.69, 9.17) is 0 Å². The summed E-state index contributed by atoms with van der Waals surface area (Å²) >= 11 is 0. The van der Waals surface area contributed by atoms with Gasteiger partial charge in [-0.05, 0) is 49.8 Å². The van der Waals surface area contributed by atoms with E-state index >= 15 is 0 Å². The maximum atomic E-state index is 11.9. The van der Waals surface area contributed by atoms with Gasteiger partial charge in [0.15, 0.2) is 0 Å². The minimum atomic E-state index is -0.743. The molecule has 1 aliphatic rings. The summed E-state index contributed by atoms with van der Waals surface area (Å²) in [5.41, 5.74) is 4.97. The molecule has 0 atom stereocenters. The Balaban J connectivity index is 1.85. The summed E-state index contributed by atoms with van der Waals surface area (Å²) in [6.07, 6.45) is 7.65. The van der Waals surface area contributed by atoms with Crippen LogP contribution in [0, 0.1) is 19.8 Å². The van der Waals surface area contributed by atoms with Crippen LogP contribution in [0.25, 0.3) is 0 Å². The quantitative estimate of drug-likeness (QED) is 0.512. The number of anilines is 1. The van der Waals surface area contributed by atoms with Gasteiger partial charge in [-0.1, -0.05) is 31.4 Å². The van der Waals surface area contributed by atoms with Crippen molar-refractivity contribution in [2.24, 2.45) is 11.0 Å². The maximum absolute atomic E-state index is 11.9. The van der Waals surface area contributed by atoms with Crippen LogP contribution >= 0.6 is 0 Å². The second kappa shape index (κ2) is 7.73. The van der Waals surface area contributed by atoms with E-state index in [0.29, 0.717) is 11.6 Å². The molecule has 1 aliphatic carbocycles. The minimum Gasteiger partial charge on any atom is -0.317 e. The van der Waals surface area contributed by atoms with Gasteiger partial charge >= 0.3 is 11.8 Å². The van der Waals surface area contributed by atoms with Gasteiger partial charge in [-0.3, -0.25) is 9.59 Å². The molecule has 0 saturated heterocycles. The third-order valence-corrected chi connectivity index (χ3v) is 4.16. The number of carbonyl (C=O) groups is 2. The summed E-state index contributed by atoms with van der Waals surface area (Å²) in [5, 5.41) is 6.53. The first-order valence-electron chi connectivity index (χ1n) is 7.78. The average Bonchev–Trinajstić information content (AvgIpc) is 2.52. The van der Waals surface area contributed by atoms with Crippen LogP contribution in [0.3, 0.4) is 0 Å².